The van der Waals surface area contributed by atoms with Crippen molar-refractivity contribution in [3.05, 3.63) is 45.7 Å². The van der Waals surface area contributed by atoms with Gasteiger partial charge in [0.15, 0.2) is 0 Å². The van der Waals surface area contributed by atoms with Gasteiger partial charge in [-0.3, -0.25) is 9.59 Å². The third kappa shape index (κ3) is 3.53. The van der Waals surface area contributed by atoms with Crippen LogP contribution >= 0.6 is 27.3 Å². The molecule has 0 spiro atoms. The van der Waals surface area contributed by atoms with Crippen LogP contribution in [-0.2, 0) is 16.1 Å². The predicted octanol–water partition coefficient (Wildman–Crippen LogP) is 2.34. The van der Waals surface area contributed by atoms with Crippen LogP contribution in [0.2, 0.25) is 0 Å². The molecule has 1 fully saturated rings. The molecular formula is C15H15BrN4O2S. The van der Waals surface area contributed by atoms with E-state index in [9.17, 15) is 9.59 Å². The van der Waals surface area contributed by atoms with Crippen molar-refractivity contribution in [1.82, 2.24) is 14.7 Å². The summed E-state index contributed by atoms with van der Waals surface area (Å²) in [7, 11) is 0. The number of aromatic nitrogens is 2. The Morgan fingerprint density at radius 2 is 2.22 bits per heavy atom. The van der Waals surface area contributed by atoms with Crippen molar-refractivity contribution >= 4 is 44.9 Å². The van der Waals surface area contributed by atoms with Crippen LogP contribution in [0.25, 0.3) is 0 Å². The Hall–Kier alpha value is -1.93. The lowest BCUT2D eigenvalue weighted by Gasteiger charge is -2.37. The number of carbonyl (C=O) groups excluding carboxylic acids is 2. The molecule has 1 saturated heterocycles. The molecule has 2 aromatic heterocycles. The first-order valence-corrected chi connectivity index (χ1v) is 8.66. The van der Waals surface area contributed by atoms with Gasteiger partial charge in [-0.15, -0.1) is 11.3 Å². The highest BCUT2D eigenvalue weighted by Gasteiger charge is 2.34. The molecule has 1 aliphatic rings. The van der Waals surface area contributed by atoms with Gasteiger partial charge in [0, 0.05) is 24.0 Å². The molecule has 6 nitrogen and oxygen atoms in total. The number of halogens is 1. The Morgan fingerprint density at radius 1 is 1.43 bits per heavy atom. The molecule has 0 unspecified atom stereocenters. The zero-order valence-corrected chi connectivity index (χ0v) is 14.6. The van der Waals surface area contributed by atoms with Crippen molar-refractivity contribution in [1.29, 1.82) is 0 Å². The van der Waals surface area contributed by atoms with Gasteiger partial charge in [0.05, 0.1) is 22.4 Å². The van der Waals surface area contributed by atoms with Gasteiger partial charge >= 0.3 is 0 Å². The number of likely N-dealkylation sites (tertiary alicyclic amines) is 1. The van der Waals surface area contributed by atoms with Crippen LogP contribution in [-0.4, -0.2) is 39.6 Å². The fraction of sp³-hybridized carbons (Fsp3) is 0.267. The Kier molecular flexibility index (Phi) is 4.63. The van der Waals surface area contributed by atoms with Crippen molar-refractivity contribution in [3.8, 4) is 0 Å². The number of anilines is 1. The minimum absolute atomic E-state index is 0.0905. The van der Waals surface area contributed by atoms with Crippen molar-refractivity contribution < 1.29 is 9.59 Å². The Labute approximate surface area is 145 Å². The van der Waals surface area contributed by atoms with E-state index in [-0.39, 0.29) is 17.7 Å². The lowest BCUT2D eigenvalue weighted by Crippen LogP contribution is -2.54. The van der Waals surface area contributed by atoms with Gasteiger partial charge in [-0.1, -0.05) is 6.58 Å². The fourth-order valence-corrected chi connectivity index (χ4v) is 3.80. The largest absolute Gasteiger partial charge is 0.337 e. The van der Waals surface area contributed by atoms with Crippen LogP contribution in [0.1, 0.15) is 4.88 Å². The molecule has 23 heavy (non-hydrogen) atoms. The Morgan fingerprint density at radius 3 is 2.87 bits per heavy atom. The summed E-state index contributed by atoms with van der Waals surface area (Å²) in [6.07, 6.45) is 2.93. The zero-order valence-electron chi connectivity index (χ0n) is 12.2. The van der Waals surface area contributed by atoms with E-state index in [0.29, 0.717) is 25.5 Å². The van der Waals surface area contributed by atoms with Crippen molar-refractivity contribution in [2.45, 2.75) is 6.54 Å². The van der Waals surface area contributed by atoms with E-state index < -0.39 is 0 Å². The SMILES string of the molecule is C=CC(=O)N1CC(C(=O)Nc2ccnn2Cc2ccc(Br)s2)C1. The minimum atomic E-state index is -0.182. The number of thiophene rings is 1. The quantitative estimate of drug-likeness (QED) is 0.791. The van der Waals surface area contributed by atoms with E-state index in [1.165, 1.54) is 6.08 Å². The van der Waals surface area contributed by atoms with E-state index in [2.05, 4.69) is 32.9 Å². The molecule has 0 bridgehead atoms. The Bertz CT molecular complexity index is 748. The molecule has 0 atom stereocenters. The van der Waals surface area contributed by atoms with Gasteiger partial charge in [0.1, 0.15) is 5.82 Å². The predicted molar refractivity (Wildman–Crippen MR) is 92.2 cm³/mol. The molecular weight excluding hydrogens is 380 g/mol. The molecule has 3 heterocycles. The minimum Gasteiger partial charge on any atom is -0.337 e. The lowest BCUT2D eigenvalue weighted by molar-refractivity contribution is -0.137. The van der Waals surface area contributed by atoms with Gasteiger partial charge in [-0.05, 0) is 34.1 Å². The molecule has 0 aliphatic carbocycles. The standard InChI is InChI=1S/C15H15BrN4O2S/c1-2-14(21)19-7-10(8-19)15(22)18-13-5-6-17-20(13)9-11-3-4-12(16)23-11/h2-6,10H,1,7-9H2,(H,18,22). The second-order valence-corrected chi connectivity index (χ2v) is 7.76. The summed E-state index contributed by atoms with van der Waals surface area (Å²) >= 11 is 5.07. The maximum absolute atomic E-state index is 12.2. The summed E-state index contributed by atoms with van der Waals surface area (Å²) in [4.78, 5) is 26.4. The maximum atomic E-state index is 12.2. The van der Waals surface area contributed by atoms with Gasteiger partial charge in [0.25, 0.3) is 0 Å². The number of nitrogens with one attached hydrogen (secondary N) is 1. The van der Waals surface area contributed by atoms with Gasteiger partial charge in [-0.25, -0.2) is 4.68 Å². The summed E-state index contributed by atoms with van der Waals surface area (Å²) < 4.78 is 2.81. The number of nitrogens with zero attached hydrogens (tertiary/aromatic N) is 3. The highest BCUT2D eigenvalue weighted by Crippen LogP contribution is 2.24. The molecule has 1 aliphatic heterocycles. The van der Waals surface area contributed by atoms with Gasteiger partial charge in [0.2, 0.25) is 11.8 Å². The highest BCUT2D eigenvalue weighted by atomic mass is 79.9. The van der Waals surface area contributed by atoms with Crippen LogP contribution in [0.15, 0.2) is 40.8 Å². The first-order valence-electron chi connectivity index (χ1n) is 7.05. The van der Waals surface area contributed by atoms with E-state index >= 15 is 0 Å². The topological polar surface area (TPSA) is 67.2 Å². The third-order valence-electron chi connectivity index (χ3n) is 3.64. The number of hydrogen-bond acceptors (Lipinski definition) is 4. The van der Waals surface area contributed by atoms with Gasteiger partial charge in [-0.2, -0.15) is 5.10 Å². The number of amides is 2. The summed E-state index contributed by atoms with van der Waals surface area (Å²) in [5.74, 6) is 0.251. The summed E-state index contributed by atoms with van der Waals surface area (Å²) in [5.41, 5.74) is 0. The Balaban J connectivity index is 1.59. The zero-order chi connectivity index (χ0) is 16.4. The molecule has 2 aromatic rings. The van der Waals surface area contributed by atoms with E-state index in [1.54, 1.807) is 33.2 Å². The maximum Gasteiger partial charge on any atom is 0.246 e. The molecule has 3 rings (SSSR count). The number of hydrogen-bond donors (Lipinski definition) is 1. The van der Waals surface area contributed by atoms with Crippen LogP contribution in [0, 0.1) is 5.92 Å². The number of carbonyl (C=O) groups is 2. The van der Waals surface area contributed by atoms with E-state index in [1.807, 2.05) is 12.1 Å². The molecule has 0 aromatic carbocycles. The van der Waals surface area contributed by atoms with Crippen LogP contribution in [0.4, 0.5) is 5.82 Å². The lowest BCUT2D eigenvalue weighted by atomic mass is 9.99. The average Bonchev–Trinajstić information content (AvgIpc) is 3.07. The van der Waals surface area contributed by atoms with Crippen molar-refractivity contribution in [2.75, 3.05) is 18.4 Å². The number of rotatable bonds is 5. The van der Waals surface area contributed by atoms with E-state index in [4.69, 9.17) is 0 Å². The van der Waals surface area contributed by atoms with Crippen LogP contribution in [0.5, 0.6) is 0 Å². The van der Waals surface area contributed by atoms with Crippen LogP contribution < -0.4 is 5.32 Å². The monoisotopic (exact) mass is 394 g/mol. The van der Waals surface area contributed by atoms with Crippen LogP contribution in [0.3, 0.4) is 0 Å². The molecule has 1 N–H and O–H groups in total. The van der Waals surface area contributed by atoms with Gasteiger partial charge < -0.3 is 10.2 Å². The molecule has 0 saturated carbocycles. The first kappa shape index (κ1) is 15.9. The normalized spacial score (nSPS) is 14.4. The molecule has 120 valence electrons. The smallest absolute Gasteiger partial charge is 0.246 e. The second-order valence-electron chi connectivity index (χ2n) is 5.21. The fourth-order valence-electron chi connectivity index (χ4n) is 2.33. The second kappa shape index (κ2) is 6.67. The average molecular weight is 395 g/mol. The third-order valence-corrected chi connectivity index (χ3v) is 5.25. The first-order chi connectivity index (χ1) is 11.1. The summed E-state index contributed by atoms with van der Waals surface area (Å²) in [6.45, 7) is 4.91. The summed E-state index contributed by atoms with van der Waals surface area (Å²) in [6, 6.07) is 5.78. The van der Waals surface area contributed by atoms with Crippen molar-refractivity contribution in [3.63, 3.8) is 0 Å². The molecule has 8 heteroatoms. The summed E-state index contributed by atoms with van der Waals surface area (Å²) in [5, 5.41) is 7.14. The highest BCUT2D eigenvalue weighted by molar-refractivity contribution is 9.11. The molecule has 0 radical (unpaired) electrons. The molecule has 2 amide bonds. The van der Waals surface area contributed by atoms with E-state index in [0.717, 1.165) is 8.66 Å². The van der Waals surface area contributed by atoms with Crippen molar-refractivity contribution in [2.24, 2.45) is 5.92 Å².